The van der Waals surface area contributed by atoms with E-state index in [4.69, 9.17) is 0 Å². The van der Waals surface area contributed by atoms with Gasteiger partial charge in [0.05, 0.1) is 6.54 Å². The number of benzene rings is 1. The molecular formula is C16H24N2O. The minimum absolute atomic E-state index is 0.323. The summed E-state index contributed by atoms with van der Waals surface area (Å²) in [6.45, 7) is 9.25. The zero-order chi connectivity index (χ0) is 13.7. The van der Waals surface area contributed by atoms with Gasteiger partial charge in [-0.2, -0.15) is 0 Å². The average molecular weight is 260 g/mol. The molecule has 1 aromatic carbocycles. The molecule has 1 heterocycles. The Labute approximate surface area is 116 Å². The van der Waals surface area contributed by atoms with Crippen molar-refractivity contribution in [3.63, 3.8) is 0 Å². The fourth-order valence-electron chi connectivity index (χ4n) is 2.81. The Bertz CT molecular complexity index is 404. The maximum Gasteiger partial charge on any atom is 0.151 e. The summed E-state index contributed by atoms with van der Waals surface area (Å²) >= 11 is 0. The van der Waals surface area contributed by atoms with Crippen LogP contribution in [0.1, 0.15) is 19.4 Å². The third kappa shape index (κ3) is 4.15. The second kappa shape index (κ2) is 6.83. The SMILES string of the molecule is CCN1CCN(CC(=O)Cc2ccccc2)CC1C. The van der Waals surface area contributed by atoms with Gasteiger partial charge in [0, 0.05) is 32.1 Å². The van der Waals surface area contributed by atoms with Gasteiger partial charge in [-0.15, -0.1) is 0 Å². The van der Waals surface area contributed by atoms with Gasteiger partial charge >= 0.3 is 0 Å². The summed E-state index contributed by atoms with van der Waals surface area (Å²) in [4.78, 5) is 16.8. The maximum atomic E-state index is 12.1. The van der Waals surface area contributed by atoms with E-state index in [9.17, 15) is 4.79 Å². The first kappa shape index (κ1) is 14.2. The number of nitrogens with zero attached hydrogens (tertiary/aromatic N) is 2. The normalized spacial score (nSPS) is 21.5. The van der Waals surface area contributed by atoms with E-state index in [2.05, 4.69) is 23.6 Å². The highest BCUT2D eigenvalue weighted by atomic mass is 16.1. The topological polar surface area (TPSA) is 23.6 Å². The molecule has 1 fully saturated rings. The van der Waals surface area contributed by atoms with Gasteiger partial charge in [0.1, 0.15) is 0 Å². The molecule has 19 heavy (non-hydrogen) atoms. The van der Waals surface area contributed by atoms with Crippen molar-refractivity contribution in [2.24, 2.45) is 0 Å². The first-order valence-electron chi connectivity index (χ1n) is 7.21. The molecule has 0 spiro atoms. The van der Waals surface area contributed by atoms with Gasteiger partial charge in [0.15, 0.2) is 5.78 Å². The molecule has 1 atom stereocenters. The fraction of sp³-hybridized carbons (Fsp3) is 0.562. The third-order valence-electron chi connectivity index (χ3n) is 3.90. The predicted octanol–water partition coefficient (Wildman–Crippen LogP) is 1.82. The molecule has 0 bridgehead atoms. The van der Waals surface area contributed by atoms with Gasteiger partial charge < -0.3 is 0 Å². The molecule has 2 rings (SSSR count). The maximum absolute atomic E-state index is 12.1. The van der Waals surface area contributed by atoms with Crippen LogP contribution in [0.25, 0.3) is 0 Å². The molecule has 0 radical (unpaired) electrons. The molecular weight excluding hydrogens is 236 g/mol. The lowest BCUT2D eigenvalue weighted by Crippen LogP contribution is -2.52. The molecule has 1 aliphatic heterocycles. The molecule has 0 saturated carbocycles. The van der Waals surface area contributed by atoms with Crippen molar-refractivity contribution in [1.82, 2.24) is 9.80 Å². The summed E-state index contributed by atoms with van der Waals surface area (Å²) in [6.07, 6.45) is 0.559. The van der Waals surface area contributed by atoms with Crippen molar-refractivity contribution in [2.45, 2.75) is 26.3 Å². The zero-order valence-corrected chi connectivity index (χ0v) is 12.0. The minimum atomic E-state index is 0.323. The quantitative estimate of drug-likeness (QED) is 0.807. The first-order chi connectivity index (χ1) is 9.19. The van der Waals surface area contributed by atoms with Gasteiger partial charge in [-0.05, 0) is 19.0 Å². The van der Waals surface area contributed by atoms with Crippen LogP contribution in [-0.4, -0.2) is 54.3 Å². The van der Waals surface area contributed by atoms with Crippen molar-refractivity contribution in [3.8, 4) is 0 Å². The number of ketones is 1. The van der Waals surface area contributed by atoms with Crippen LogP contribution in [-0.2, 0) is 11.2 Å². The molecule has 1 saturated heterocycles. The summed E-state index contributed by atoms with van der Waals surface area (Å²) in [6, 6.07) is 10.6. The predicted molar refractivity (Wildman–Crippen MR) is 78.3 cm³/mol. The van der Waals surface area contributed by atoms with Crippen LogP contribution >= 0.6 is 0 Å². The van der Waals surface area contributed by atoms with Gasteiger partial charge in [0.2, 0.25) is 0 Å². The summed E-state index contributed by atoms with van der Waals surface area (Å²) in [7, 11) is 0. The summed E-state index contributed by atoms with van der Waals surface area (Å²) in [5.41, 5.74) is 1.12. The lowest BCUT2D eigenvalue weighted by atomic mass is 10.1. The second-order valence-corrected chi connectivity index (χ2v) is 5.41. The van der Waals surface area contributed by atoms with Crippen molar-refractivity contribution in [1.29, 1.82) is 0 Å². The van der Waals surface area contributed by atoms with Gasteiger partial charge in [-0.1, -0.05) is 37.3 Å². The van der Waals surface area contributed by atoms with Crippen molar-refractivity contribution in [2.75, 3.05) is 32.7 Å². The van der Waals surface area contributed by atoms with Crippen molar-refractivity contribution in [3.05, 3.63) is 35.9 Å². The Morgan fingerprint density at radius 2 is 2.00 bits per heavy atom. The molecule has 0 amide bonds. The molecule has 3 nitrogen and oxygen atoms in total. The van der Waals surface area contributed by atoms with E-state index in [1.807, 2.05) is 30.3 Å². The highest BCUT2D eigenvalue weighted by Gasteiger charge is 2.23. The Kier molecular flexibility index (Phi) is 5.11. The highest BCUT2D eigenvalue weighted by molar-refractivity contribution is 5.82. The van der Waals surface area contributed by atoms with Gasteiger partial charge in [-0.3, -0.25) is 14.6 Å². The Morgan fingerprint density at radius 1 is 1.26 bits per heavy atom. The van der Waals surface area contributed by atoms with Gasteiger partial charge in [0.25, 0.3) is 0 Å². The molecule has 0 N–H and O–H groups in total. The smallest absolute Gasteiger partial charge is 0.151 e. The van der Waals surface area contributed by atoms with E-state index >= 15 is 0 Å². The molecule has 1 aromatic rings. The number of carbonyl (C=O) groups excluding carboxylic acids is 1. The Hall–Kier alpha value is -1.19. The lowest BCUT2D eigenvalue weighted by Gasteiger charge is -2.39. The molecule has 1 aliphatic rings. The van der Waals surface area contributed by atoms with Crippen LogP contribution in [0.5, 0.6) is 0 Å². The number of likely N-dealkylation sites (N-methyl/N-ethyl adjacent to an activating group) is 1. The lowest BCUT2D eigenvalue weighted by molar-refractivity contribution is -0.120. The van der Waals surface area contributed by atoms with E-state index in [0.717, 1.165) is 31.7 Å². The zero-order valence-electron chi connectivity index (χ0n) is 12.0. The number of hydrogen-bond acceptors (Lipinski definition) is 3. The molecule has 1 unspecified atom stereocenters. The van der Waals surface area contributed by atoms with Crippen molar-refractivity contribution >= 4 is 5.78 Å². The third-order valence-corrected chi connectivity index (χ3v) is 3.90. The van der Waals surface area contributed by atoms with Crippen LogP contribution in [0.2, 0.25) is 0 Å². The summed E-state index contributed by atoms with van der Waals surface area (Å²) in [5.74, 6) is 0.323. The van der Waals surface area contributed by atoms with E-state index in [1.165, 1.54) is 0 Å². The highest BCUT2D eigenvalue weighted by Crippen LogP contribution is 2.09. The Morgan fingerprint density at radius 3 is 2.63 bits per heavy atom. The van der Waals surface area contributed by atoms with Crippen LogP contribution in [0.4, 0.5) is 0 Å². The number of hydrogen-bond donors (Lipinski definition) is 0. The number of rotatable bonds is 5. The monoisotopic (exact) mass is 260 g/mol. The molecule has 0 aromatic heterocycles. The van der Waals surface area contributed by atoms with E-state index in [1.54, 1.807) is 0 Å². The van der Waals surface area contributed by atoms with E-state index < -0.39 is 0 Å². The first-order valence-corrected chi connectivity index (χ1v) is 7.21. The van der Waals surface area contributed by atoms with Gasteiger partial charge in [-0.25, -0.2) is 0 Å². The second-order valence-electron chi connectivity index (χ2n) is 5.41. The van der Waals surface area contributed by atoms with E-state index in [-0.39, 0.29) is 0 Å². The largest absolute Gasteiger partial charge is 0.298 e. The average Bonchev–Trinajstić information content (AvgIpc) is 2.40. The van der Waals surface area contributed by atoms with Crippen LogP contribution in [0.15, 0.2) is 30.3 Å². The molecule has 104 valence electrons. The minimum Gasteiger partial charge on any atom is -0.298 e. The van der Waals surface area contributed by atoms with Crippen LogP contribution in [0, 0.1) is 0 Å². The van der Waals surface area contributed by atoms with E-state index in [0.29, 0.717) is 24.8 Å². The molecule has 0 aliphatic carbocycles. The Balaban J connectivity index is 1.80. The number of piperazine rings is 1. The summed E-state index contributed by atoms with van der Waals surface area (Å²) in [5, 5.41) is 0. The summed E-state index contributed by atoms with van der Waals surface area (Å²) < 4.78 is 0. The number of carbonyl (C=O) groups is 1. The fourth-order valence-corrected chi connectivity index (χ4v) is 2.81. The standard InChI is InChI=1S/C16H24N2O/c1-3-18-10-9-17(12-14(18)2)13-16(19)11-15-7-5-4-6-8-15/h4-8,14H,3,9-13H2,1-2H3. The van der Waals surface area contributed by atoms with Crippen LogP contribution in [0.3, 0.4) is 0 Å². The van der Waals surface area contributed by atoms with Crippen LogP contribution < -0.4 is 0 Å². The van der Waals surface area contributed by atoms with Crippen molar-refractivity contribution < 1.29 is 4.79 Å². The number of Topliss-reactive ketones (excluding diaryl/α,β-unsaturated/α-hetero) is 1. The molecule has 3 heteroatoms.